The van der Waals surface area contributed by atoms with Crippen LogP contribution in [0.15, 0.2) is 54.7 Å². The van der Waals surface area contributed by atoms with Gasteiger partial charge in [0.25, 0.3) is 0 Å². The predicted octanol–water partition coefficient (Wildman–Crippen LogP) is 7.09. The molecule has 0 bridgehead atoms. The monoisotopic (exact) mass is 484 g/mol. The highest BCUT2D eigenvalue weighted by atomic mass is 19.1. The number of aromatic nitrogens is 4. The van der Waals surface area contributed by atoms with Crippen molar-refractivity contribution in [1.82, 2.24) is 19.6 Å². The zero-order chi connectivity index (χ0) is 24.3. The molecule has 0 spiro atoms. The van der Waals surface area contributed by atoms with E-state index in [1.54, 1.807) is 12.1 Å². The molecule has 2 aliphatic rings. The first-order valence-electron chi connectivity index (χ1n) is 13.4. The SMILES string of the molecule is Fc1ccc(-c2nn3c(NC4CCCCC4)cccc3c2-c2ccnc(NC3CCCCC3)n2)cc1. The average molecular weight is 485 g/mol. The highest BCUT2D eigenvalue weighted by molar-refractivity contribution is 5.91. The van der Waals surface area contributed by atoms with E-state index in [0.717, 1.165) is 46.7 Å². The number of fused-ring (bicyclic) bond motifs is 1. The Balaban J connectivity index is 1.44. The van der Waals surface area contributed by atoms with Crippen molar-refractivity contribution in [3.8, 4) is 22.5 Å². The fraction of sp³-hybridized carbons (Fsp3) is 0.414. The molecule has 0 atom stereocenters. The molecule has 4 aromatic rings. The van der Waals surface area contributed by atoms with Gasteiger partial charge >= 0.3 is 0 Å². The Morgan fingerprint density at radius 3 is 2.19 bits per heavy atom. The number of anilines is 2. The van der Waals surface area contributed by atoms with Gasteiger partial charge in [-0.25, -0.2) is 18.9 Å². The van der Waals surface area contributed by atoms with Crippen molar-refractivity contribution in [1.29, 1.82) is 0 Å². The Kier molecular flexibility index (Phi) is 6.53. The molecule has 2 N–H and O–H groups in total. The average Bonchev–Trinajstić information content (AvgIpc) is 3.31. The summed E-state index contributed by atoms with van der Waals surface area (Å²) in [5, 5.41) is 12.3. The molecule has 0 saturated heterocycles. The highest BCUT2D eigenvalue weighted by Gasteiger charge is 2.22. The molecule has 0 aliphatic heterocycles. The van der Waals surface area contributed by atoms with Crippen molar-refractivity contribution in [2.24, 2.45) is 0 Å². The lowest BCUT2D eigenvalue weighted by molar-refractivity contribution is 0.461. The molecule has 2 saturated carbocycles. The van der Waals surface area contributed by atoms with E-state index in [1.165, 1.54) is 63.5 Å². The lowest BCUT2D eigenvalue weighted by Crippen LogP contribution is -2.23. The van der Waals surface area contributed by atoms with E-state index >= 15 is 0 Å². The van der Waals surface area contributed by atoms with Crippen LogP contribution < -0.4 is 10.6 Å². The Morgan fingerprint density at radius 1 is 0.778 bits per heavy atom. The minimum absolute atomic E-state index is 0.260. The fourth-order valence-electron chi connectivity index (χ4n) is 5.69. The molecule has 186 valence electrons. The number of nitrogens with one attached hydrogen (secondary N) is 2. The van der Waals surface area contributed by atoms with Crippen molar-refractivity contribution >= 4 is 17.3 Å². The third kappa shape index (κ3) is 4.79. The Labute approximate surface area is 211 Å². The molecule has 1 aromatic carbocycles. The van der Waals surface area contributed by atoms with Crippen LogP contribution in [-0.2, 0) is 0 Å². The Morgan fingerprint density at radius 2 is 1.47 bits per heavy atom. The van der Waals surface area contributed by atoms with Crippen LogP contribution in [0, 0.1) is 5.82 Å². The van der Waals surface area contributed by atoms with Gasteiger partial charge in [-0.15, -0.1) is 0 Å². The summed E-state index contributed by atoms with van der Waals surface area (Å²) in [5.74, 6) is 1.37. The molecule has 36 heavy (non-hydrogen) atoms. The summed E-state index contributed by atoms with van der Waals surface area (Å²) in [6.07, 6.45) is 14.1. The number of rotatable bonds is 6. The van der Waals surface area contributed by atoms with Crippen molar-refractivity contribution in [3.63, 3.8) is 0 Å². The van der Waals surface area contributed by atoms with Crippen LogP contribution in [-0.4, -0.2) is 31.7 Å². The second kappa shape index (κ2) is 10.2. The predicted molar refractivity (Wildman–Crippen MR) is 143 cm³/mol. The maximum atomic E-state index is 13.8. The zero-order valence-corrected chi connectivity index (χ0v) is 20.6. The summed E-state index contributed by atoms with van der Waals surface area (Å²) in [6, 6.07) is 15.6. The maximum absolute atomic E-state index is 13.8. The van der Waals surface area contributed by atoms with Gasteiger partial charge in [-0.3, -0.25) is 0 Å². The third-order valence-corrected chi connectivity index (χ3v) is 7.58. The Hall–Kier alpha value is -3.48. The van der Waals surface area contributed by atoms with Gasteiger partial charge in [0.15, 0.2) is 0 Å². The van der Waals surface area contributed by atoms with Gasteiger partial charge in [-0.1, -0.05) is 44.6 Å². The smallest absolute Gasteiger partial charge is 0.223 e. The highest BCUT2D eigenvalue weighted by Crippen LogP contribution is 2.36. The molecule has 7 heteroatoms. The second-order valence-corrected chi connectivity index (χ2v) is 10.2. The van der Waals surface area contributed by atoms with Gasteiger partial charge in [0.1, 0.15) is 17.3 Å². The first-order chi connectivity index (χ1) is 17.7. The lowest BCUT2D eigenvalue weighted by atomic mass is 9.95. The molecule has 3 heterocycles. The van der Waals surface area contributed by atoms with E-state index in [-0.39, 0.29) is 5.82 Å². The number of halogens is 1. The molecule has 0 amide bonds. The first kappa shape index (κ1) is 23.0. The van der Waals surface area contributed by atoms with Crippen LogP contribution >= 0.6 is 0 Å². The fourth-order valence-corrected chi connectivity index (χ4v) is 5.69. The van der Waals surface area contributed by atoms with Crippen molar-refractivity contribution < 1.29 is 4.39 Å². The van der Waals surface area contributed by atoms with Crippen molar-refractivity contribution in [2.45, 2.75) is 76.3 Å². The topological polar surface area (TPSA) is 67.1 Å². The minimum atomic E-state index is -0.260. The van der Waals surface area contributed by atoms with Crippen LogP contribution in [0.1, 0.15) is 64.2 Å². The molecule has 2 aliphatic carbocycles. The summed E-state index contributed by atoms with van der Waals surface area (Å²) in [5.41, 5.74) is 4.36. The summed E-state index contributed by atoms with van der Waals surface area (Å²) in [6.45, 7) is 0. The number of hydrogen-bond donors (Lipinski definition) is 2. The summed E-state index contributed by atoms with van der Waals surface area (Å²) < 4.78 is 15.8. The summed E-state index contributed by atoms with van der Waals surface area (Å²) >= 11 is 0. The molecule has 6 nitrogen and oxygen atoms in total. The van der Waals surface area contributed by atoms with Gasteiger partial charge < -0.3 is 10.6 Å². The third-order valence-electron chi connectivity index (χ3n) is 7.58. The zero-order valence-electron chi connectivity index (χ0n) is 20.6. The van der Waals surface area contributed by atoms with Crippen molar-refractivity contribution in [2.75, 3.05) is 10.6 Å². The number of benzene rings is 1. The molecule has 2 fully saturated rings. The van der Waals surface area contributed by atoms with Crippen LogP contribution in [0.3, 0.4) is 0 Å². The molecule has 6 rings (SSSR count). The van der Waals surface area contributed by atoms with Gasteiger partial charge in [-0.2, -0.15) is 5.10 Å². The van der Waals surface area contributed by atoms with Crippen LogP contribution in [0.5, 0.6) is 0 Å². The largest absolute Gasteiger partial charge is 0.367 e. The van der Waals surface area contributed by atoms with Gasteiger partial charge in [0.2, 0.25) is 5.95 Å². The molecule has 3 aromatic heterocycles. The summed E-state index contributed by atoms with van der Waals surface area (Å²) in [7, 11) is 0. The Bertz CT molecular complexity index is 1320. The first-order valence-corrected chi connectivity index (χ1v) is 13.4. The van der Waals surface area contributed by atoms with E-state index in [2.05, 4.69) is 33.8 Å². The van der Waals surface area contributed by atoms with E-state index in [0.29, 0.717) is 18.0 Å². The maximum Gasteiger partial charge on any atom is 0.223 e. The molecular formula is C29H33FN6. The summed E-state index contributed by atoms with van der Waals surface area (Å²) in [4.78, 5) is 9.46. The number of hydrogen-bond acceptors (Lipinski definition) is 5. The van der Waals surface area contributed by atoms with Gasteiger partial charge in [-0.05, 0) is 68.1 Å². The van der Waals surface area contributed by atoms with E-state index < -0.39 is 0 Å². The standard InChI is InChI=1S/C29H33FN6/c30-21-16-14-20(15-17-21)28-27(24-18-19-31-29(34-24)33-23-10-5-2-6-11-23)25-12-7-13-26(36(25)35-28)32-22-8-3-1-4-9-22/h7,12-19,22-23,32H,1-6,8-11H2,(H,31,33,34). The molecule has 0 radical (unpaired) electrons. The molecular weight excluding hydrogens is 451 g/mol. The van der Waals surface area contributed by atoms with Gasteiger partial charge in [0.05, 0.1) is 16.8 Å². The quantitative estimate of drug-likeness (QED) is 0.306. The van der Waals surface area contributed by atoms with Gasteiger partial charge in [0, 0.05) is 23.8 Å². The molecule has 0 unspecified atom stereocenters. The van der Waals surface area contributed by atoms with E-state index in [4.69, 9.17) is 10.1 Å². The van der Waals surface area contributed by atoms with Crippen LogP contribution in [0.4, 0.5) is 16.2 Å². The lowest BCUT2D eigenvalue weighted by Gasteiger charge is -2.24. The second-order valence-electron chi connectivity index (χ2n) is 10.2. The number of nitrogens with zero attached hydrogens (tertiary/aromatic N) is 4. The van der Waals surface area contributed by atoms with Crippen molar-refractivity contribution in [3.05, 3.63) is 60.5 Å². The van der Waals surface area contributed by atoms with E-state index in [1.807, 2.05) is 16.8 Å². The number of pyridine rings is 1. The normalized spacial score (nSPS) is 17.4. The van der Waals surface area contributed by atoms with E-state index in [9.17, 15) is 4.39 Å². The van der Waals surface area contributed by atoms with Crippen LogP contribution in [0.2, 0.25) is 0 Å². The minimum Gasteiger partial charge on any atom is -0.367 e. The van der Waals surface area contributed by atoms with Crippen LogP contribution in [0.25, 0.3) is 28.0 Å².